The Hall–Kier alpha value is 0.365. The van der Waals surface area contributed by atoms with Crippen LogP contribution in [0.4, 0.5) is 0 Å². The molecule has 0 aliphatic carbocycles. The maximum Gasteiger partial charge on any atom is 0.543 e. The van der Waals surface area contributed by atoms with E-state index in [1.165, 1.54) is 0 Å². The van der Waals surface area contributed by atoms with E-state index in [2.05, 4.69) is 13.7 Å². The maximum atomic E-state index is 5.29. The first kappa shape index (κ1) is 5.50. The van der Waals surface area contributed by atoms with Gasteiger partial charge in [0.1, 0.15) is 0 Å². The first-order valence-electron chi connectivity index (χ1n) is 1.84. The van der Waals surface area contributed by atoms with Crippen LogP contribution >= 0.6 is 11.5 Å². The largest absolute Gasteiger partial charge is 0.543 e. The van der Waals surface area contributed by atoms with Crippen molar-refractivity contribution in [3.05, 3.63) is 0 Å². The molecule has 0 aromatic heterocycles. The molecule has 1 heterocycles. The predicted molar refractivity (Wildman–Crippen MR) is 29.2 cm³/mol. The minimum Gasteiger partial charge on any atom is -0.458 e. The van der Waals surface area contributed by atoms with Gasteiger partial charge in [0.25, 0.3) is 0 Å². The summed E-state index contributed by atoms with van der Waals surface area (Å²) in [4.78, 5) is 0. The summed E-state index contributed by atoms with van der Waals surface area (Å²) in [6.07, 6.45) is 0. The Balaban J connectivity index is 2.12. The Bertz CT molecular complexity index is 52.1. The summed E-state index contributed by atoms with van der Waals surface area (Å²) in [7, 11) is 0.461. The van der Waals surface area contributed by atoms with E-state index >= 15 is 0 Å². The van der Waals surface area contributed by atoms with Crippen LogP contribution < -0.4 is 0 Å². The van der Waals surface area contributed by atoms with E-state index in [9.17, 15) is 0 Å². The van der Waals surface area contributed by atoms with Crippen molar-refractivity contribution < 1.29 is 13.7 Å². The van der Waals surface area contributed by atoms with E-state index in [1.807, 2.05) is 0 Å². The van der Waals surface area contributed by atoms with E-state index in [0.29, 0.717) is 0 Å². The number of halogens is 1. The van der Waals surface area contributed by atoms with E-state index in [0.717, 1.165) is 0 Å². The van der Waals surface area contributed by atoms with Crippen LogP contribution in [-0.4, -0.2) is 21.9 Å². The Morgan fingerprint density at radius 1 is 1.29 bits per heavy atom. The van der Waals surface area contributed by atoms with Crippen LogP contribution in [0.15, 0.2) is 0 Å². The fraction of sp³-hybridized carbons (Fsp3) is 0. The van der Waals surface area contributed by atoms with Crippen molar-refractivity contribution in [3.8, 4) is 0 Å². The molecule has 0 radical (unpaired) electrons. The van der Waals surface area contributed by atoms with Crippen LogP contribution in [0.5, 0.6) is 0 Å². The van der Waals surface area contributed by atoms with Gasteiger partial charge in [0.15, 0.2) is 0 Å². The molecule has 0 saturated carbocycles. The summed E-state index contributed by atoms with van der Waals surface area (Å²) < 4.78 is 13.8. The molecular weight excluding hydrogens is 116 g/mol. The SMILES string of the molecule is ClB1OBOBO1. The van der Waals surface area contributed by atoms with Gasteiger partial charge in [-0.1, -0.05) is 0 Å². The molecule has 0 amide bonds. The normalized spacial score (nSPS) is 20.4. The molecule has 0 spiro atoms. The predicted octanol–water partition coefficient (Wildman–Crippen LogP) is -1.19. The fourth-order valence-corrected chi connectivity index (χ4v) is 0.388. The number of hydrogen-bond acceptors (Lipinski definition) is 3. The van der Waals surface area contributed by atoms with Crippen molar-refractivity contribution in [1.82, 2.24) is 0 Å². The van der Waals surface area contributed by atoms with Gasteiger partial charge in [-0.05, 0) is 0 Å². The summed E-state index contributed by atoms with van der Waals surface area (Å²) >= 11 is 5.29. The minimum absolute atomic E-state index is 0.230. The van der Waals surface area contributed by atoms with E-state index in [4.69, 9.17) is 11.5 Å². The minimum atomic E-state index is -0.617. The zero-order chi connectivity index (χ0) is 5.11. The molecule has 7 heteroatoms. The molecule has 0 atom stereocenters. The molecule has 1 aliphatic heterocycles. The molecule has 36 valence electrons. The highest BCUT2D eigenvalue weighted by Gasteiger charge is 2.19. The quantitative estimate of drug-likeness (QED) is 0.374. The average Bonchev–Trinajstić information content (AvgIpc) is 1.69. The van der Waals surface area contributed by atoms with Crippen molar-refractivity contribution in [3.63, 3.8) is 0 Å². The highest BCUT2D eigenvalue weighted by Crippen LogP contribution is 1.96. The lowest BCUT2D eigenvalue weighted by Gasteiger charge is -2.12. The second-order valence-electron chi connectivity index (χ2n) is 1.05. The Kier molecular flexibility index (Phi) is 2.06. The molecule has 3 nitrogen and oxygen atoms in total. The van der Waals surface area contributed by atoms with Gasteiger partial charge in [-0.2, -0.15) is 0 Å². The lowest BCUT2D eigenvalue weighted by Crippen LogP contribution is -2.30. The lowest BCUT2D eigenvalue weighted by atomic mass is 10.1. The third-order valence-electron chi connectivity index (χ3n) is 0.565. The molecule has 1 rings (SSSR count). The van der Waals surface area contributed by atoms with Crippen molar-refractivity contribution in [2.24, 2.45) is 0 Å². The first-order chi connectivity index (χ1) is 3.39. The van der Waals surface area contributed by atoms with Gasteiger partial charge < -0.3 is 13.7 Å². The van der Waals surface area contributed by atoms with Crippen LogP contribution in [0.2, 0.25) is 0 Å². The second-order valence-corrected chi connectivity index (χ2v) is 1.40. The molecule has 1 aliphatic rings. The molecule has 7 heavy (non-hydrogen) atoms. The highest BCUT2D eigenvalue weighted by molar-refractivity contribution is 7.02. The van der Waals surface area contributed by atoms with Gasteiger partial charge in [-0.3, -0.25) is 0 Å². The van der Waals surface area contributed by atoms with Gasteiger partial charge in [0, 0.05) is 0 Å². The van der Waals surface area contributed by atoms with E-state index in [-0.39, 0.29) is 15.4 Å². The summed E-state index contributed by atoms with van der Waals surface area (Å²) in [6.45, 7) is -0.617. The van der Waals surface area contributed by atoms with Gasteiger partial charge >= 0.3 is 21.9 Å². The Morgan fingerprint density at radius 3 is 2.14 bits per heavy atom. The summed E-state index contributed by atoms with van der Waals surface area (Å²) in [5.74, 6) is 0. The lowest BCUT2D eigenvalue weighted by molar-refractivity contribution is 0.339. The van der Waals surface area contributed by atoms with Crippen molar-refractivity contribution >= 4 is 33.4 Å². The molecule has 1 fully saturated rings. The van der Waals surface area contributed by atoms with Gasteiger partial charge in [-0.25, -0.2) is 0 Å². The van der Waals surface area contributed by atoms with Crippen LogP contribution in [0, 0.1) is 0 Å². The van der Waals surface area contributed by atoms with Crippen LogP contribution in [0.25, 0.3) is 0 Å². The number of hydrogen-bond donors (Lipinski definition) is 0. The van der Waals surface area contributed by atoms with Crippen molar-refractivity contribution in [2.45, 2.75) is 0 Å². The van der Waals surface area contributed by atoms with Gasteiger partial charge in [0.05, 0.1) is 0 Å². The number of rotatable bonds is 0. The summed E-state index contributed by atoms with van der Waals surface area (Å²) in [5.41, 5.74) is 0. The van der Waals surface area contributed by atoms with Crippen LogP contribution in [0.1, 0.15) is 0 Å². The van der Waals surface area contributed by atoms with Crippen molar-refractivity contribution in [1.29, 1.82) is 0 Å². The molecule has 0 aromatic carbocycles. The molecule has 1 saturated heterocycles. The van der Waals surface area contributed by atoms with Gasteiger partial charge in [0.2, 0.25) is 0 Å². The third-order valence-corrected chi connectivity index (χ3v) is 0.817. The van der Waals surface area contributed by atoms with E-state index < -0.39 is 6.53 Å². The van der Waals surface area contributed by atoms with Crippen LogP contribution in [0.3, 0.4) is 0 Å². The summed E-state index contributed by atoms with van der Waals surface area (Å²) in [6, 6.07) is 0. The molecule has 0 N–H and O–H groups in total. The third kappa shape index (κ3) is 1.73. The standard InChI is InChI=1S/B3ClH2O3/c4-3-6-1-5-2-7-3/h1-2H. The van der Waals surface area contributed by atoms with Gasteiger partial charge in [-0.15, -0.1) is 11.5 Å². The van der Waals surface area contributed by atoms with Crippen LogP contribution in [-0.2, 0) is 13.7 Å². The highest BCUT2D eigenvalue weighted by atomic mass is 35.5. The average molecular weight is 118 g/mol. The maximum absolute atomic E-state index is 5.29. The fourth-order valence-electron chi connectivity index (χ4n) is 0.285. The first-order valence-corrected chi connectivity index (χ1v) is 2.28. The summed E-state index contributed by atoms with van der Waals surface area (Å²) in [5, 5.41) is 0. The molecular formula is H2B3ClO3. The second kappa shape index (κ2) is 2.62. The molecule has 0 bridgehead atoms. The zero-order valence-electron chi connectivity index (χ0n) is 3.59. The topological polar surface area (TPSA) is 27.7 Å². The monoisotopic (exact) mass is 118 g/mol. The van der Waals surface area contributed by atoms with Crippen molar-refractivity contribution in [2.75, 3.05) is 0 Å². The molecule has 0 unspecified atom stereocenters. The van der Waals surface area contributed by atoms with E-state index in [1.54, 1.807) is 0 Å². The zero-order valence-corrected chi connectivity index (χ0v) is 4.35. The Labute approximate surface area is 47.9 Å². The smallest absolute Gasteiger partial charge is 0.458 e. The molecule has 0 aromatic rings. The Morgan fingerprint density at radius 2 is 1.86 bits per heavy atom.